The third-order valence-electron chi connectivity index (χ3n) is 4.94. The van der Waals surface area contributed by atoms with Gasteiger partial charge in [0.1, 0.15) is 6.54 Å². The first-order valence-electron chi connectivity index (χ1n) is 8.86. The van der Waals surface area contributed by atoms with E-state index in [0.717, 1.165) is 25.0 Å². The number of carbonyl (C=O) groups is 1. The van der Waals surface area contributed by atoms with Gasteiger partial charge in [-0.15, -0.1) is 0 Å². The van der Waals surface area contributed by atoms with Crippen LogP contribution in [-0.2, 0) is 18.4 Å². The summed E-state index contributed by atoms with van der Waals surface area (Å²) in [6, 6.07) is 9.12. The number of fused-ring (bicyclic) bond motifs is 1. The number of aromatic nitrogens is 4. The number of carbonyl (C=O) groups excluding carboxylic acids is 1. The van der Waals surface area contributed by atoms with Crippen molar-refractivity contribution < 1.29 is 4.79 Å². The third-order valence-corrected chi connectivity index (χ3v) is 4.94. The van der Waals surface area contributed by atoms with Gasteiger partial charge in [0, 0.05) is 19.8 Å². The quantitative estimate of drug-likeness (QED) is 0.722. The number of rotatable bonds is 3. The van der Waals surface area contributed by atoms with Crippen LogP contribution in [0.3, 0.4) is 0 Å². The summed E-state index contributed by atoms with van der Waals surface area (Å²) in [6.45, 7) is 0.690. The Morgan fingerprint density at radius 1 is 1.23 bits per heavy atom. The Bertz CT molecular complexity index is 1010. The molecule has 7 heteroatoms. The molecule has 3 aromatic rings. The van der Waals surface area contributed by atoms with Crippen LogP contribution in [0.15, 0.2) is 47.7 Å². The van der Waals surface area contributed by atoms with Gasteiger partial charge in [0.25, 0.3) is 5.56 Å². The van der Waals surface area contributed by atoms with Crippen molar-refractivity contribution in [2.45, 2.75) is 31.8 Å². The van der Waals surface area contributed by atoms with Crippen LogP contribution < -0.4 is 5.56 Å². The van der Waals surface area contributed by atoms with Crippen molar-refractivity contribution in [2.75, 3.05) is 6.54 Å². The molecule has 0 spiro atoms. The predicted molar refractivity (Wildman–Crippen MR) is 97.5 cm³/mol. The minimum Gasteiger partial charge on any atom is -0.332 e. The van der Waals surface area contributed by atoms with Crippen molar-refractivity contribution in [3.05, 3.63) is 58.9 Å². The molecule has 1 fully saturated rings. The molecule has 0 unspecified atom stereocenters. The zero-order valence-electron chi connectivity index (χ0n) is 14.7. The summed E-state index contributed by atoms with van der Waals surface area (Å²) >= 11 is 0. The van der Waals surface area contributed by atoms with Gasteiger partial charge in [-0.25, -0.2) is 4.98 Å². The maximum Gasteiger partial charge on any atom is 0.261 e. The maximum atomic E-state index is 13.0. The Kier molecular flexibility index (Phi) is 4.28. The van der Waals surface area contributed by atoms with Gasteiger partial charge in [0.05, 0.1) is 29.0 Å². The lowest BCUT2D eigenvalue weighted by atomic mass is 9.99. The number of nitrogens with zero attached hydrogens (tertiary/aromatic N) is 5. The maximum absolute atomic E-state index is 13.0. The molecule has 1 saturated heterocycles. The van der Waals surface area contributed by atoms with Crippen LogP contribution in [0, 0.1) is 0 Å². The number of benzene rings is 1. The van der Waals surface area contributed by atoms with Crippen molar-refractivity contribution in [1.82, 2.24) is 24.2 Å². The molecule has 1 aromatic carbocycles. The fourth-order valence-corrected chi connectivity index (χ4v) is 3.60. The average Bonchev–Trinajstić information content (AvgIpc) is 3.10. The molecule has 134 valence electrons. The van der Waals surface area contributed by atoms with Gasteiger partial charge >= 0.3 is 0 Å². The average molecular weight is 351 g/mol. The Morgan fingerprint density at radius 2 is 2.08 bits per heavy atom. The van der Waals surface area contributed by atoms with Crippen molar-refractivity contribution >= 4 is 16.8 Å². The van der Waals surface area contributed by atoms with Crippen LogP contribution in [0.1, 0.15) is 31.0 Å². The fraction of sp³-hybridized carbons (Fsp3) is 0.368. The second-order valence-corrected chi connectivity index (χ2v) is 6.71. The summed E-state index contributed by atoms with van der Waals surface area (Å²) in [6.07, 6.45) is 6.29. The molecule has 0 saturated carbocycles. The highest BCUT2D eigenvalue weighted by molar-refractivity contribution is 5.79. The second-order valence-electron chi connectivity index (χ2n) is 6.71. The number of para-hydroxylation sites is 1. The molecule has 1 aliphatic rings. The molecule has 2 aromatic heterocycles. The Morgan fingerprint density at radius 3 is 2.88 bits per heavy atom. The zero-order valence-corrected chi connectivity index (χ0v) is 14.7. The lowest BCUT2D eigenvalue weighted by molar-refractivity contribution is -0.135. The van der Waals surface area contributed by atoms with E-state index in [4.69, 9.17) is 0 Å². The molecular weight excluding hydrogens is 330 g/mol. The summed E-state index contributed by atoms with van der Waals surface area (Å²) in [5.74, 6) is -0.0699. The number of likely N-dealkylation sites (tertiary alicyclic amines) is 1. The largest absolute Gasteiger partial charge is 0.332 e. The van der Waals surface area contributed by atoms with E-state index in [1.807, 2.05) is 30.3 Å². The van der Waals surface area contributed by atoms with Gasteiger partial charge in [0.2, 0.25) is 5.91 Å². The smallest absolute Gasteiger partial charge is 0.261 e. The van der Waals surface area contributed by atoms with Gasteiger partial charge < -0.3 is 4.90 Å². The summed E-state index contributed by atoms with van der Waals surface area (Å²) in [5, 5.41) is 5.00. The highest BCUT2D eigenvalue weighted by Gasteiger charge is 2.29. The van der Waals surface area contributed by atoms with Crippen LogP contribution in [0.25, 0.3) is 10.9 Å². The van der Waals surface area contributed by atoms with E-state index in [1.54, 1.807) is 22.9 Å². The van der Waals surface area contributed by atoms with E-state index in [0.29, 0.717) is 17.4 Å². The molecule has 3 heterocycles. The molecule has 26 heavy (non-hydrogen) atoms. The first-order valence-corrected chi connectivity index (χ1v) is 8.86. The SMILES string of the molecule is Cn1ccc([C@H]2CCCCN2C(=O)Cn2cnc3ccccc3c2=O)n1. The van der Waals surface area contributed by atoms with E-state index in [2.05, 4.69) is 10.1 Å². The van der Waals surface area contributed by atoms with E-state index >= 15 is 0 Å². The van der Waals surface area contributed by atoms with E-state index in [-0.39, 0.29) is 24.1 Å². The molecule has 0 radical (unpaired) electrons. The second kappa shape index (κ2) is 6.74. The molecule has 1 amide bonds. The highest BCUT2D eigenvalue weighted by Crippen LogP contribution is 2.29. The molecule has 0 aliphatic carbocycles. The fourth-order valence-electron chi connectivity index (χ4n) is 3.60. The van der Waals surface area contributed by atoms with E-state index < -0.39 is 0 Å². The van der Waals surface area contributed by atoms with Crippen molar-refractivity contribution in [3.63, 3.8) is 0 Å². The van der Waals surface area contributed by atoms with Crippen LogP contribution >= 0.6 is 0 Å². The topological polar surface area (TPSA) is 73.0 Å². The van der Waals surface area contributed by atoms with Gasteiger partial charge in [-0.3, -0.25) is 18.8 Å². The van der Waals surface area contributed by atoms with Crippen LogP contribution in [0.5, 0.6) is 0 Å². The van der Waals surface area contributed by atoms with Crippen molar-refractivity contribution in [1.29, 1.82) is 0 Å². The molecule has 4 rings (SSSR count). The standard InChI is InChI=1S/C19H21N5O2/c1-22-11-9-16(21-22)17-8-4-5-10-24(17)18(25)12-23-13-20-15-7-3-2-6-14(15)19(23)26/h2-3,6-7,9,11,13,17H,4-5,8,10,12H2,1H3/t17-/m1/s1. The Balaban J connectivity index is 1.60. The van der Waals surface area contributed by atoms with Crippen molar-refractivity contribution in [2.24, 2.45) is 7.05 Å². The van der Waals surface area contributed by atoms with E-state index in [9.17, 15) is 9.59 Å². The summed E-state index contributed by atoms with van der Waals surface area (Å²) in [7, 11) is 1.87. The number of amides is 1. The number of piperidine rings is 1. The first kappa shape index (κ1) is 16.5. The minimum atomic E-state index is -0.185. The van der Waals surface area contributed by atoms with Gasteiger partial charge in [-0.1, -0.05) is 12.1 Å². The highest BCUT2D eigenvalue weighted by atomic mass is 16.2. The molecule has 7 nitrogen and oxygen atoms in total. The summed E-state index contributed by atoms with van der Waals surface area (Å²) < 4.78 is 3.15. The van der Waals surface area contributed by atoms with Crippen LogP contribution in [0.4, 0.5) is 0 Å². The lowest BCUT2D eigenvalue weighted by Crippen LogP contribution is -2.42. The first-order chi connectivity index (χ1) is 12.6. The lowest BCUT2D eigenvalue weighted by Gasteiger charge is -2.35. The molecule has 0 N–H and O–H groups in total. The summed E-state index contributed by atoms with van der Waals surface area (Å²) in [5.41, 5.74) is 1.37. The van der Waals surface area contributed by atoms with Crippen LogP contribution in [0.2, 0.25) is 0 Å². The number of aryl methyl sites for hydroxylation is 1. The normalized spacial score (nSPS) is 17.6. The number of hydrogen-bond donors (Lipinski definition) is 0. The molecule has 1 atom stereocenters. The Hall–Kier alpha value is -2.96. The van der Waals surface area contributed by atoms with Gasteiger partial charge in [0.15, 0.2) is 0 Å². The van der Waals surface area contributed by atoms with Gasteiger partial charge in [-0.2, -0.15) is 5.10 Å². The molecule has 0 bridgehead atoms. The van der Waals surface area contributed by atoms with E-state index in [1.165, 1.54) is 10.9 Å². The monoisotopic (exact) mass is 351 g/mol. The van der Waals surface area contributed by atoms with Gasteiger partial charge in [-0.05, 0) is 37.5 Å². The Labute approximate surface area is 150 Å². The molecule has 1 aliphatic heterocycles. The van der Waals surface area contributed by atoms with Crippen molar-refractivity contribution in [3.8, 4) is 0 Å². The zero-order chi connectivity index (χ0) is 18.1. The number of hydrogen-bond acceptors (Lipinski definition) is 4. The predicted octanol–water partition coefficient (Wildman–Crippen LogP) is 1.88. The minimum absolute atomic E-state index is 0.00000118. The van der Waals surface area contributed by atoms with Crippen LogP contribution in [-0.4, -0.2) is 36.7 Å². The molecular formula is C19H21N5O2. The summed E-state index contributed by atoms with van der Waals surface area (Å²) in [4.78, 5) is 31.7. The third kappa shape index (κ3) is 3.00.